The maximum absolute atomic E-state index is 11.3. The van der Waals surface area contributed by atoms with Crippen molar-refractivity contribution in [2.24, 2.45) is 11.7 Å². The number of esters is 1. The number of ether oxygens (including phenoxy) is 2. The topological polar surface area (TPSA) is 81.8 Å². The van der Waals surface area contributed by atoms with Gasteiger partial charge in [0.25, 0.3) is 0 Å². The van der Waals surface area contributed by atoms with E-state index in [9.17, 15) is 9.90 Å². The van der Waals surface area contributed by atoms with Crippen LogP contribution in [0.2, 0.25) is 0 Å². The number of aryl methyl sites for hydroxylation is 1. The Bertz CT molecular complexity index is 444. The first-order valence-electron chi connectivity index (χ1n) is 7.77. The monoisotopic (exact) mass is 309 g/mol. The molecule has 0 saturated carbocycles. The van der Waals surface area contributed by atoms with Crippen LogP contribution in [-0.4, -0.2) is 30.0 Å². The summed E-state index contributed by atoms with van der Waals surface area (Å²) in [6, 6.07) is 7.36. The van der Waals surface area contributed by atoms with Gasteiger partial charge in [-0.3, -0.25) is 10.5 Å². The van der Waals surface area contributed by atoms with Gasteiger partial charge in [-0.1, -0.05) is 26.0 Å². The maximum atomic E-state index is 11.3. The van der Waals surface area contributed by atoms with Crippen LogP contribution in [0.25, 0.3) is 0 Å². The molecule has 0 heterocycles. The molecule has 0 saturated heterocycles. The van der Waals surface area contributed by atoms with E-state index in [0.29, 0.717) is 37.5 Å². The molecule has 0 fully saturated rings. The molecule has 0 aliphatic heterocycles. The average molecular weight is 309 g/mol. The summed E-state index contributed by atoms with van der Waals surface area (Å²) in [5.41, 5.74) is 6.86. The zero-order chi connectivity index (χ0) is 16.5. The molecule has 5 heteroatoms. The molecular formula is C17H27NO4. The van der Waals surface area contributed by atoms with E-state index in [1.54, 1.807) is 19.1 Å². The van der Waals surface area contributed by atoms with E-state index >= 15 is 0 Å². The van der Waals surface area contributed by atoms with E-state index in [4.69, 9.17) is 15.2 Å². The molecule has 0 aromatic heterocycles. The standard InChI is InChI=1S/C17H27NO4/c1-4-21-16(20)10-7-13-5-8-14(9-6-13)22-17(18)15(19)11-12(2)3/h5-6,8-9,12,15,17,19H,4,7,10-11,18H2,1-3H3. The Morgan fingerprint density at radius 2 is 1.91 bits per heavy atom. The fourth-order valence-corrected chi connectivity index (χ4v) is 2.07. The Morgan fingerprint density at radius 1 is 1.27 bits per heavy atom. The Morgan fingerprint density at radius 3 is 2.45 bits per heavy atom. The van der Waals surface area contributed by atoms with Crippen molar-refractivity contribution < 1.29 is 19.4 Å². The minimum Gasteiger partial charge on any atom is -0.473 e. The fourth-order valence-electron chi connectivity index (χ4n) is 2.07. The van der Waals surface area contributed by atoms with E-state index in [1.165, 1.54) is 0 Å². The predicted octanol–water partition coefficient (Wildman–Crippen LogP) is 2.25. The largest absolute Gasteiger partial charge is 0.473 e. The van der Waals surface area contributed by atoms with Crippen molar-refractivity contribution in [1.82, 2.24) is 0 Å². The lowest BCUT2D eigenvalue weighted by Gasteiger charge is -2.21. The second-order valence-electron chi connectivity index (χ2n) is 5.73. The third-order valence-electron chi connectivity index (χ3n) is 3.21. The molecule has 1 aromatic carbocycles. The molecule has 2 atom stereocenters. The van der Waals surface area contributed by atoms with Gasteiger partial charge in [0.15, 0.2) is 6.23 Å². The van der Waals surface area contributed by atoms with Gasteiger partial charge in [0.1, 0.15) is 11.9 Å². The highest BCUT2D eigenvalue weighted by Crippen LogP contribution is 2.16. The molecule has 0 aliphatic carbocycles. The molecule has 124 valence electrons. The van der Waals surface area contributed by atoms with Crippen LogP contribution in [0, 0.1) is 5.92 Å². The number of nitrogens with two attached hydrogens (primary N) is 1. The molecule has 2 unspecified atom stereocenters. The molecule has 0 amide bonds. The van der Waals surface area contributed by atoms with E-state index in [0.717, 1.165) is 5.56 Å². The summed E-state index contributed by atoms with van der Waals surface area (Å²) in [5, 5.41) is 9.90. The third kappa shape index (κ3) is 6.91. The highest BCUT2D eigenvalue weighted by molar-refractivity contribution is 5.69. The van der Waals surface area contributed by atoms with Gasteiger partial charge >= 0.3 is 5.97 Å². The zero-order valence-corrected chi connectivity index (χ0v) is 13.6. The van der Waals surface area contributed by atoms with Gasteiger partial charge in [-0.2, -0.15) is 0 Å². The van der Waals surface area contributed by atoms with Crippen LogP contribution in [-0.2, 0) is 16.0 Å². The van der Waals surface area contributed by atoms with Gasteiger partial charge < -0.3 is 14.6 Å². The summed E-state index contributed by atoms with van der Waals surface area (Å²) in [5.74, 6) is 0.770. The number of benzene rings is 1. The molecule has 5 nitrogen and oxygen atoms in total. The van der Waals surface area contributed by atoms with Gasteiger partial charge in [-0.15, -0.1) is 0 Å². The molecule has 0 radical (unpaired) electrons. The zero-order valence-electron chi connectivity index (χ0n) is 13.6. The van der Waals surface area contributed by atoms with Crippen LogP contribution in [0.15, 0.2) is 24.3 Å². The number of hydrogen-bond donors (Lipinski definition) is 2. The van der Waals surface area contributed by atoms with Crippen molar-refractivity contribution in [3.8, 4) is 5.75 Å². The molecule has 3 N–H and O–H groups in total. The Kier molecular flexibility index (Phi) is 7.91. The first-order chi connectivity index (χ1) is 10.4. The van der Waals surface area contributed by atoms with Gasteiger partial charge in [-0.25, -0.2) is 0 Å². The molecule has 1 aromatic rings. The van der Waals surface area contributed by atoms with Crippen molar-refractivity contribution in [2.75, 3.05) is 6.61 Å². The van der Waals surface area contributed by atoms with Crippen molar-refractivity contribution >= 4 is 5.97 Å². The minimum absolute atomic E-state index is 0.193. The average Bonchev–Trinajstić information content (AvgIpc) is 2.46. The van der Waals surface area contributed by atoms with E-state index < -0.39 is 12.3 Å². The molecule has 0 aliphatic rings. The number of aliphatic hydroxyl groups is 1. The summed E-state index contributed by atoms with van der Waals surface area (Å²) >= 11 is 0. The van der Waals surface area contributed by atoms with Gasteiger partial charge in [-0.05, 0) is 43.4 Å². The summed E-state index contributed by atoms with van der Waals surface area (Å²) < 4.78 is 10.4. The van der Waals surface area contributed by atoms with Gasteiger partial charge in [0.2, 0.25) is 0 Å². The smallest absolute Gasteiger partial charge is 0.306 e. The summed E-state index contributed by atoms with van der Waals surface area (Å²) in [4.78, 5) is 11.3. The van der Waals surface area contributed by atoms with Crippen LogP contribution >= 0.6 is 0 Å². The van der Waals surface area contributed by atoms with Gasteiger partial charge in [0.05, 0.1) is 6.61 Å². The van der Waals surface area contributed by atoms with E-state index in [1.807, 2.05) is 26.0 Å². The van der Waals surface area contributed by atoms with Crippen molar-refractivity contribution in [3.63, 3.8) is 0 Å². The first-order valence-corrected chi connectivity index (χ1v) is 7.77. The quantitative estimate of drug-likeness (QED) is 0.540. The summed E-state index contributed by atoms with van der Waals surface area (Å²) in [7, 11) is 0. The number of rotatable bonds is 9. The maximum Gasteiger partial charge on any atom is 0.306 e. The lowest BCUT2D eigenvalue weighted by Crippen LogP contribution is -2.40. The van der Waals surface area contributed by atoms with Crippen molar-refractivity contribution in [2.45, 2.75) is 52.4 Å². The molecule has 1 rings (SSSR count). The van der Waals surface area contributed by atoms with Crippen LogP contribution in [0.1, 0.15) is 39.2 Å². The predicted molar refractivity (Wildman–Crippen MR) is 85.5 cm³/mol. The lowest BCUT2D eigenvalue weighted by molar-refractivity contribution is -0.143. The molecule has 22 heavy (non-hydrogen) atoms. The number of carbonyl (C=O) groups is 1. The van der Waals surface area contributed by atoms with Gasteiger partial charge in [0, 0.05) is 6.42 Å². The van der Waals surface area contributed by atoms with Crippen LogP contribution in [0.4, 0.5) is 0 Å². The highest BCUT2D eigenvalue weighted by atomic mass is 16.5. The van der Waals surface area contributed by atoms with Crippen LogP contribution in [0.5, 0.6) is 5.75 Å². The third-order valence-corrected chi connectivity index (χ3v) is 3.21. The molecular weight excluding hydrogens is 282 g/mol. The lowest BCUT2D eigenvalue weighted by atomic mass is 10.1. The van der Waals surface area contributed by atoms with E-state index in [-0.39, 0.29) is 5.97 Å². The normalized spacial score (nSPS) is 13.7. The Balaban J connectivity index is 2.45. The second kappa shape index (κ2) is 9.43. The summed E-state index contributed by atoms with van der Waals surface area (Å²) in [6.07, 6.45) is 0.150. The van der Waals surface area contributed by atoms with Crippen molar-refractivity contribution in [3.05, 3.63) is 29.8 Å². The Hall–Kier alpha value is -1.59. The molecule has 0 spiro atoms. The fraction of sp³-hybridized carbons (Fsp3) is 0.588. The first kappa shape index (κ1) is 18.5. The van der Waals surface area contributed by atoms with Crippen LogP contribution < -0.4 is 10.5 Å². The minimum atomic E-state index is -0.743. The molecule has 0 bridgehead atoms. The number of carbonyl (C=O) groups excluding carboxylic acids is 1. The number of hydrogen-bond acceptors (Lipinski definition) is 5. The van der Waals surface area contributed by atoms with Crippen molar-refractivity contribution in [1.29, 1.82) is 0 Å². The highest BCUT2D eigenvalue weighted by Gasteiger charge is 2.17. The van der Waals surface area contributed by atoms with E-state index in [2.05, 4.69) is 0 Å². The number of aliphatic hydroxyl groups excluding tert-OH is 1. The SMILES string of the molecule is CCOC(=O)CCc1ccc(OC(N)C(O)CC(C)C)cc1. The Labute approximate surface area is 132 Å². The summed E-state index contributed by atoms with van der Waals surface area (Å²) in [6.45, 7) is 6.24. The second-order valence-corrected chi connectivity index (χ2v) is 5.73. The van der Waals surface area contributed by atoms with Crippen LogP contribution in [0.3, 0.4) is 0 Å².